The molecule has 3 unspecified atom stereocenters. The highest BCUT2D eigenvalue weighted by Gasteiger charge is 2.33. The Labute approximate surface area is 157 Å². The largest absolute Gasteiger partial charge is 0.355 e. The lowest BCUT2D eigenvalue weighted by Gasteiger charge is -2.25. The SMILES string of the molecule is CN=C(NCC1CCCN1Cc1ccccc1)NC1CC1C.I. The summed E-state index contributed by atoms with van der Waals surface area (Å²) in [5.41, 5.74) is 1.41. The number of halogens is 1. The first-order valence-electron chi connectivity index (χ1n) is 8.51. The van der Waals surface area contributed by atoms with Crippen LogP contribution in [0.4, 0.5) is 0 Å². The van der Waals surface area contributed by atoms with E-state index in [9.17, 15) is 0 Å². The molecule has 3 atom stereocenters. The van der Waals surface area contributed by atoms with E-state index >= 15 is 0 Å². The molecule has 2 aliphatic rings. The first-order valence-corrected chi connectivity index (χ1v) is 8.51. The molecule has 0 amide bonds. The number of nitrogens with zero attached hydrogens (tertiary/aromatic N) is 2. The summed E-state index contributed by atoms with van der Waals surface area (Å²) in [4.78, 5) is 6.94. The molecule has 1 aliphatic heterocycles. The summed E-state index contributed by atoms with van der Waals surface area (Å²) in [7, 11) is 1.86. The van der Waals surface area contributed by atoms with E-state index in [1.165, 1.54) is 31.4 Å². The van der Waals surface area contributed by atoms with Crippen LogP contribution < -0.4 is 10.6 Å². The summed E-state index contributed by atoms with van der Waals surface area (Å²) in [6.45, 7) is 5.52. The number of guanidine groups is 1. The van der Waals surface area contributed by atoms with Crippen LogP contribution in [0.3, 0.4) is 0 Å². The highest BCUT2D eigenvalue weighted by Crippen LogP contribution is 2.28. The van der Waals surface area contributed by atoms with Crippen molar-refractivity contribution in [3.05, 3.63) is 35.9 Å². The van der Waals surface area contributed by atoms with Crippen molar-refractivity contribution < 1.29 is 0 Å². The predicted molar refractivity (Wildman–Crippen MR) is 107 cm³/mol. The van der Waals surface area contributed by atoms with Crippen LogP contribution in [0.15, 0.2) is 35.3 Å². The number of rotatable bonds is 5. The zero-order valence-electron chi connectivity index (χ0n) is 14.2. The lowest BCUT2D eigenvalue weighted by atomic mass is 10.2. The summed E-state index contributed by atoms with van der Waals surface area (Å²) < 4.78 is 0. The number of aliphatic imine (C=N–C) groups is 1. The summed E-state index contributed by atoms with van der Waals surface area (Å²) in [5, 5.41) is 7.02. The van der Waals surface area contributed by atoms with Crippen molar-refractivity contribution in [1.29, 1.82) is 0 Å². The quantitative estimate of drug-likeness (QED) is 0.431. The second-order valence-electron chi connectivity index (χ2n) is 6.67. The van der Waals surface area contributed by atoms with Gasteiger partial charge in [-0.2, -0.15) is 0 Å². The molecule has 2 N–H and O–H groups in total. The molecule has 0 radical (unpaired) electrons. The van der Waals surface area contributed by atoms with Crippen LogP contribution in [0.2, 0.25) is 0 Å². The van der Waals surface area contributed by atoms with Gasteiger partial charge in [-0.1, -0.05) is 37.3 Å². The van der Waals surface area contributed by atoms with Gasteiger partial charge in [0.05, 0.1) is 0 Å². The Morgan fingerprint density at radius 1 is 1.30 bits per heavy atom. The van der Waals surface area contributed by atoms with Crippen molar-refractivity contribution in [3.63, 3.8) is 0 Å². The molecule has 1 saturated carbocycles. The third-order valence-electron chi connectivity index (χ3n) is 4.89. The van der Waals surface area contributed by atoms with E-state index in [4.69, 9.17) is 0 Å². The predicted octanol–water partition coefficient (Wildman–Crippen LogP) is 2.84. The molecule has 1 aromatic rings. The third kappa shape index (κ3) is 5.35. The van der Waals surface area contributed by atoms with Gasteiger partial charge in [0.2, 0.25) is 0 Å². The maximum Gasteiger partial charge on any atom is 0.191 e. The number of likely N-dealkylation sites (tertiary alicyclic amines) is 1. The molecule has 23 heavy (non-hydrogen) atoms. The van der Waals surface area contributed by atoms with Gasteiger partial charge in [-0.15, -0.1) is 24.0 Å². The van der Waals surface area contributed by atoms with E-state index < -0.39 is 0 Å². The zero-order chi connectivity index (χ0) is 15.4. The maximum atomic E-state index is 4.35. The van der Waals surface area contributed by atoms with Gasteiger partial charge < -0.3 is 10.6 Å². The highest BCUT2D eigenvalue weighted by atomic mass is 127. The van der Waals surface area contributed by atoms with Crippen LogP contribution in [-0.4, -0.2) is 43.1 Å². The van der Waals surface area contributed by atoms with Crippen molar-refractivity contribution in [2.24, 2.45) is 10.9 Å². The summed E-state index contributed by atoms with van der Waals surface area (Å²) in [5.74, 6) is 1.75. The van der Waals surface area contributed by atoms with E-state index in [0.717, 1.165) is 25.0 Å². The van der Waals surface area contributed by atoms with Gasteiger partial charge in [0.25, 0.3) is 0 Å². The standard InChI is InChI=1S/C18H28N4.HI/c1-14-11-17(14)21-18(19-2)20-12-16-9-6-10-22(16)13-15-7-4-3-5-8-15;/h3-5,7-8,14,16-17H,6,9-13H2,1-2H3,(H2,19,20,21);1H. The average molecular weight is 428 g/mol. The zero-order valence-corrected chi connectivity index (χ0v) is 16.5. The molecule has 0 spiro atoms. The Bertz CT molecular complexity index is 505. The minimum absolute atomic E-state index is 0. The van der Waals surface area contributed by atoms with Gasteiger partial charge in [-0.05, 0) is 37.3 Å². The number of hydrogen-bond acceptors (Lipinski definition) is 2. The molecule has 1 heterocycles. The van der Waals surface area contributed by atoms with Crippen molar-refractivity contribution in [2.75, 3.05) is 20.1 Å². The molecule has 1 aromatic carbocycles. The Kier molecular flexibility index (Phi) is 7.14. The molecular formula is C18H29IN4. The van der Waals surface area contributed by atoms with E-state index in [2.05, 4.69) is 57.8 Å². The molecule has 1 saturated heterocycles. The fourth-order valence-corrected chi connectivity index (χ4v) is 3.26. The Morgan fingerprint density at radius 2 is 2.04 bits per heavy atom. The molecule has 0 bridgehead atoms. The molecule has 5 heteroatoms. The molecule has 4 nitrogen and oxygen atoms in total. The number of nitrogens with one attached hydrogen (secondary N) is 2. The van der Waals surface area contributed by atoms with Gasteiger partial charge in [0.15, 0.2) is 5.96 Å². The Morgan fingerprint density at radius 3 is 2.70 bits per heavy atom. The monoisotopic (exact) mass is 428 g/mol. The summed E-state index contributed by atoms with van der Waals surface area (Å²) >= 11 is 0. The van der Waals surface area contributed by atoms with E-state index in [1.54, 1.807) is 0 Å². The normalized spacial score (nSPS) is 27.4. The molecule has 3 rings (SSSR count). The first kappa shape index (κ1) is 18.5. The Balaban J connectivity index is 0.00000192. The highest BCUT2D eigenvalue weighted by molar-refractivity contribution is 14.0. The summed E-state index contributed by atoms with van der Waals surface area (Å²) in [6.07, 6.45) is 3.84. The van der Waals surface area contributed by atoms with Crippen LogP contribution in [0.25, 0.3) is 0 Å². The second-order valence-corrected chi connectivity index (χ2v) is 6.67. The molecule has 2 fully saturated rings. The second kappa shape index (κ2) is 8.87. The van der Waals surface area contributed by atoms with E-state index in [0.29, 0.717) is 12.1 Å². The molecule has 128 valence electrons. The van der Waals surface area contributed by atoms with Gasteiger partial charge in [0, 0.05) is 32.2 Å². The van der Waals surface area contributed by atoms with Crippen LogP contribution in [0, 0.1) is 5.92 Å². The first-order chi connectivity index (χ1) is 10.8. The molecule has 0 aromatic heterocycles. The van der Waals surface area contributed by atoms with Crippen molar-refractivity contribution in [2.45, 2.75) is 44.8 Å². The molecule has 1 aliphatic carbocycles. The van der Waals surface area contributed by atoms with Crippen molar-refractivity contribution in [3.8, 4) is 0 Å². The fraction of sp³-hybridized carbons (Fsp3) is 0.611. The van der Waals surface area contributed by atoms with E-state index in [1.807, 2.05) is 7.05 Å². The van der Waals surface area contributed by atoms with Crippen LogP contribution in [0.5, 0.6) is 0 Å². The van der Waals surface area contributed by atoms with E-state index in [-0.39, 0.29) is 24.0 Å². The summed E-state index contributed by atoms with van der Waals surface area (Å²) in [6, 6.07) is 12.0. The minimum atomic E-state index is 0. The smallest absolute Gasteiger partial charge is 0.191 e. The van der Waals surface area contributed by atoms with Crippen LogP contribution in [0.1, 0.15) is 31.7 Å². The Hall–Kier alpha value is -0.820. The lowest BCUT2D eigenvalue weighted by molar-refractivity contribution is 0.245. The third-order valence-corrected chi connectivity index (χ3v) is 4.89. The fourth-order valence-electron chi connectivity index (χ4n) is 3.26. The van der Waals surface area contributed by atoms with Gasteiger partial charge in [-0.25, -0.2) is 0 Å². The van der Waals surface area contributed by atoms with Crippen molar-refractivity contribution in [1.82, 2.24) is 15.5 Å². The topological polar surface area (TPSA) is 39.7 Å². The lowest BCUT2D eigenvalue weighted by Crippen LogP contribution is -2.45. The van der Waals surface area contributed by atoms with Gasteiger partial charge in [-0.3, -0.25) is 9.89 Å². The maximum absolute atomic E-state index is 4.35. The average Bonchev–Trinajstić information content (AvgIpc) is 3.05. The van der Waals surface area contributed by atoms with Gasteiger partial charge >= 0.3 is 0 Å². The van der Waals surface area contributed by atoms with Crippen LogP contribution >= 0.6 is 24.0 Å². The molecular weight excluding hydrogens is 399 g/mol. The van der Waals surface area contributed by atoms with Crippen LogP contribution in [-0.2, 0) is 6.54 Å². The number of benzene rings is 1. The minimum Gasteiger partial charge on any atom is -0.355 e. The van der Waals surface area contributed by atoms with Gasteiger partial charge in [0.1, 0.15) is 0 Å². The van der Waals surface area contributed by atoms with Crippen molar-refractivity contribution >= 4 is 29.9 Å². The number of hydrogen-bond donors (Lipinski definition) is 2.